The van der Waals surface area contributed by atoms with Crippen LogP contribution < -0.4 is 10.1 Å². The monoisotopic (exact) mass is 352 g/mol. The van der Waals surface area contributed by atoms with E-state index in [4.69, 9.17) is 4.74 Å². The van der Waals surface area contributed by atoms with E-state index >= 15 is 0 Å². The summed E-state index contributed by atoms with van der Waals surface area (Å²) in [6.45, 7) is 5.63. The van der Waals surface area contributed by atoms with Crippen LogP contribution in [0.25, 0.3) is 0 Å². The lowest BCUT2D eigenvalue weighted by atomic mass is 10.0. The molecule has 1 amide bonds. The molecule has 1 atom stereocenters. The van der Waals surface area contributed by atoms with Crippen LogP contribution in [0.3, 0.4) is 0 Å². The fraction of sp³-hybridized carbons (Fsp3) is 0.409. The molecule has 1 N–H and O–H groups in total. The highest BCUT2D eigenvalue weighted by Crippen LogP contribution is 2.33. The highest BCUT2D eigenvalue weighted by Gasteiger charge is 2.31. The number of carbonyl (C=O) groups is 1. The summed E-state index contributed by atoms with van der Waals surface area (Å²) in [5.74, 6) is 0.957. The number of unbranched alkanes of at least 4 members (excludes halogenated alkanes) is 3. The quantitative estimate of drug-likeness (QED) is 0.661. The van der Waals surface area contributed by atoms with Gasteiger partial charge in [0, 0.05) is 12.2 Å². The maximum absolute atomic E-state index is 12.8. The summed E-state index contributed by atoms with van der Waals surface area (Å²) in [6.07, 6.45) is 4.65. The van der Waals surface area contributed by atoms with Crippen LogP contribution in [0.5, 0.6) is 5.75 Å². The second-order valence-corrected chi connectivity index (χ2v) is 6.66. The SMILES string of the molecule is CCCCCCOc1ccc(C2Nc3ccccc3C(=O)N2CC)cc1. The molecule has 1 aliphatic rings. The minimum atomic E-state index is -0.152. The summed E-state index contributed by atoms with van der Waals surface area (Å²) < 4.78 is 5.82. The largest absolute Gasteiger partial charge is 0.494 e. The zero-order valence-corrected chi connectivity index (χ0v) is 15.7. The normalized spacial score (nSPS) is 16.2. The highest BCUT2D eigenvalue weighted by molar-refractivity contribution is 6.01. The Balaban J connectivity index is 1.69. The predicted molar refractivity (Wildman–Crippen MR) is 106 cm³/mol. The first-order valence-electron chi connectivity index (χ1n) is 9.64. The number of rotatable bonds is 8. The second kappa shape index (κ2) is 8.75. The van der Waals surface area contributed by atoms with Crippen LogP contribution in [0.4, 0.5) is 5.69 Å². The van der Waals surface area contributed by atoms with E-state index in [0.717, 1.165) is 35.6 Å². The van der Waals surface area contributed by atoms with Gasteiger partial charge in [-0.15, -0.1) is 0 Å². The molecular formula is C22H28N2O2. The zero-order valence-electron chi connectivity index (χ0n) is 15.7. The van der Waals surface area contributed by atoms with E-state index in [9.17, 15) is 4.79 Å². The molecule has 0 saturated heterocycles. The molecule has 2 aromatic rings. The van der Waals surface area contributed by atoms with Crippen molar-refractivity contribution < 1.29 is 9.53 Å². The number of amides is 1. The van der Waals surface area contributed by atoms with E-state index in [1.54, 1.807) is 0 Å². The molecule has 3 rings (SSSR count). The van der Waals surface area contributed by atoms with Crippen molar-refractivity contribution >= 4 is 11.6 Å². The van der Waals surface area contributed by atoms with Gasteiger partial charge in [0.25, 0.3) is 5.91 Å². The van der Waals surface area contributed by atoms with E-state index in [-0.39, 0.29) is 12.1 Å². The molecule has 2 aromatic carbocycles. The minimum Gasteiger partial charge on any atom is -0.494 e. The Morgan fingerprint density at radius 1 is 1.00 bits per heavy atom. The van der Waals surface area contributed by atoms with Crippen molar-refractivity contribution in [1.82, 2.24) is 4.90 Å². The van der Waals surface area contributed by atoms with Crippen molar-refractivity contribution in [2.24, 2.45) is 0 Å². The average Bonchev–Trinajstić information content (AvgIpc) is 2.68. The van der Waals surface area contributed by atoms with Crippen molar-refractivity contribution in [2.45, 2.75) is 45.7 Å². The van der Waals surface area contributed by atoms with Crippen molar-refractivity contribution in [3.05, 3.63) is 59.7 Å². The van der Waals surface area contributed by atoms with Crippen LogP contribution in [-0.2, 0) is 0 Å². The van der Waals surface area contributed by atoms with Gasteiger partial charge in [0.15, 0.2) is 0 Å². The van der Waals surface area contributed by atoms with E-state index in [0.29, 0.717) is 6.54 Å². The van der Waals surface area contributed by atoms with Gasteiger partial charge in [-0.05, 0) is 43.2 Å². The van der Waals surface area contributed by atoms with Gasteiger partial charge >= 0.3 is 0 Å². The molecule has 0 spiro atoms. The molecule has 0 aliphatic carbocycles. The lowest BCUT2D eigenvalue weighted by molar-refractivity contribution is 0.0695. The number of nitrogens with one attached hydrogen (secondary N) is 1. The van der Waals surface area contributed by atoms with Crippen molar-refractivity contribution in [3.63, 3.8) is 0 Å². The molecule has 26 heavy (non-hydrogen) atoms. The maximum Gasteiger partial charge on any atom is 0.257 e. The smallest absolute Gasteiger partial charge is 0.257 e. The Morgan fingerprint density at radius 2 is 1.77 bits per heavy atom. The van der Waals surface area contributed by atoms with Crippen molar-refractivity contribution in [1.29, 1.82) is 0 Å². The van der Waals surface area contributed by atoms with Gasteiger partial charge in [0.1, 0.15) is 11.9 Å². The number of carbonyl (C=O) groups excluding carboxylic acids is 1. The van der Waals surface area contributed by atoms with Crippen LogP contribution in [0, 0.1) is 0 Å². The van der Waals surface area contributed by atoms with Crippen molar-refractivity contribution in [2.75, 3.05) is 18.5 Å². The molecule has 0 radical (unpaired) electrons. The number of para-hydroxylation sites is 1. The third-order valence-corrected chi connectivity index (χ3v) is 4.83. The Labute approximate surface area is 156 Å². The van der Waals surface area contributed by atoms with E-state index in [2.05, 4.69) is 12.2 Å². The molecule has 1 heterocycles. The first-order chi connectivity index (χ1) is 12.7. The predicted octanol–water partition coefficient (Wildman–Crippen LogP) is 5.23. The molecule has 0 fully saturated rings. The maximum atomic E-state index is 12.8. The van der Waals surface area contributed by atoms with E-state index < -0.39 is 0 Å². The lowest BCUT2D eigenvalue weighted by Gasteiger charge is -2.37. The van der Waals surface area contributed by atoms with Crippen LogP contribution in [-0.4, -0.2) is 24.0 Å². The van der Waals surface area contributed by atoms with Crippen LogP contribution in [0.1, 0.15) is 61.6 Å². The standard InChI is InChI=1S/C22H28N2O2/c1-3-5-6-9-16-26-18-14-12-17(13-15-18)21-23-20-11-8-7-10-19(20)22(25)24(21)4-2/h7-8,10-15,21,23H,3-6,9,16H2,1-2H3. The molecule has 0 saturated carbocycles. The lowest BCUT2D eigenvalue weighted by Crippen LogP contribution is -2.42. The summed E-state index contributed by atoms with van der Waals surface area (Å²) in [7, 11) is 0. The first-order valence-corrected chi connectivity index (χ1v) is 9.64. The third-order valence-electron chi connectivity index (χ3n) is 4.83. The van der Waals surface area contributed by atoms with Crippen LogP contribution >= 0.6 is 0 Å². The van der Waals surface area contributed by atoms with E-state index in [1.807, 2.05) is 60.4 Å². The molecule has 138 valence electrons. The van der Waals surface area contributed by atoms with Gasteiger partial charge in [-0.2, -0.15) is 0 Å². The second-order valence-electron chi connectivity index (χ2n) is 6.66. The Morgan fingerprint density at radius 3 is 2.50 bits per heavy atom. The van der Waals surface area contributed by atoms with Gasteiger partial charge in [0.2, 0.25) is 0 Å². The summed E-state index contributed by atoms with van der Waals surface area (Å²) in [6, 6.07) is 15.8. The topological polar surface area (TPSA) is 41.6 Å². The number of anilines is 1. The summed E-state index contributed by atoms with van der Waals surface area (Å²) >= 11 is 0. The summed E-state index contributed by atoms with van der Waals surface area (Å²) in [5, 5.41) is 3.49. The Bertz CT molecular complexity index is 727. The molecule has 1 unspecified atom stereocenters. The van der Waals surface area contributed by atoms with Gasteiger partial charge in [-0.25, -0.2) is 0 Å². The van der Waals surface area contributed by atoms with Crippen LogP contribution in [0.2, 0.25) is 0 Å². The fourth-order valence-corrected chi connectivity index (χ4v) is 3.35. The molecule has 4 heteroatoms. The fourth-order valence-electron chi connectivity index (χ4n) is 3.35. The van der Waals surface area contributed by atoms with Gasteiger partial charge in [-0.1, -0.05) is 50.5 Å². The zero-order chi connectivity index (χ0) is 18.4. The summed E-state index contributed by atoms with van der Waals surface area (Å²) in [5.41, 5.74) is 2.69. The van der Waals surface area contributed by atoms with Crippen molar-refractivity contribution in [3.8, 4) is 5.75 Å². The molecular weight excluding hydrogens is 324 g/mol. The number of benzene rings is 2. The molecule has 1 aliphatic heterocycles. The number of nitrogens with zero attached hydrogens (tertiary/aromatic N) is 1. The molecule has 4 nitrogen and oxygen atoms in total. The number of ether oxygens (including phenoxy) is 1. The highest BCUT2D eigenvalue weighted by atomic mass is 16.5. The Kier molecular flexibility index (Phi) is 6.16. The Hall–Kier alpha value is -2.49. The van der Waals surface area contributed by atoms with Gasteiger partial charge in [-0.3, -0.25) is 4.79 Å². The molecule has 0 aromatic heterocycles. The van der Waals surface area contributed by atoms with Gasteiger partial charge in [0.05, 0.1) is 12.2 Å². The average molecular weight is 352 g/mol. The first kappa shape index (κ1) is 18.3. The van der Waals surface area contributed by atoms with E-state index in [1.165, 1.54) is 19.3 Å². The minimum absolute atomic E-state index is 0.0723. The summed E-state index contributed by atoms with van der Waals surface area (Å²) in [4.78, 5) is 14.7. The van der Waals surface area contributed by atoms with Crippen LogP contribution in [0.15, 0.2) is 48.5 Å². The number of hydrogen-bond donors (Lipinski definition) is 1. The third kappa shape index (κ3) is 4.01. The van der Waals surface area contributed by atoms with Gasteiger partial charge < -0.3 is 15.0 Å². The number of hydrogen-bond acceptors (Lipinski definition) is 3. The number of fused-ring (bicyclic) bond motifs is 1. The molecule has 0 bridgehead atoms.